The molecular formula is C15H30O3. The third kappa shape index (κ3) is 8.37. The second-order valence-corrected chi connectivity index (χ2v) is 5.86. The van der Waals surface area contributed by atoms with E-state index in [0.717, 1.165) is 12.8 Å². The van der Waals surface area contributed by atoms with Gasteiger partial charge in [0.25, 0.3) is 0 Å². The van der Waals surface area contributed by atoms with Gasteiger partial charge in [0.1, 0.15) is 6.61 Å². The molecule has 0 spiro atoms. The molecule has 0 bridgehead atoms. The Morgan fingerprint density at radius 3 is 2.33 bits per heavy atom. The first kappa shape index (κ1) is 17.3. The maximum atomic E-state index is 11.4. The lowest BCUT2D eigenvalue weighted by atomic mass is 9.83. The van der Waals surface area contributed by atoms with Gasteiger partial charge < -0.3 is 9.47 Å². The topological polar surface area (TPSA) is 35.5 Å². The zero-order chi connectivity index (χ0) is 14.0. The van der Waals surface area contributed by atoms with Crippen LogP contribution in [0.15, 0.2) is 0 Å². The standard InChI is InChI=1S/C15H30O3/c1-6-8-9-10-15(5,7-2)12-18-14(16)17-11-13(3)4/h13H,6-12H2,1-5H3. The summed E-state index contributed by atoms with van der Waals surface area (Å²) in [6, 6.07) is 0. The molecule has 108 valence electrons. The van der Waals surface area contributed by atoms with Crippen molar-refractivity contribution in [2.24, 2.45) is 11.3 Å². The van der Waals surface area contributed by atoms with Crippen LogP contribution in [0.1, 0.15) is 66.7 Å². The Hall–Kier alpha value is -0.730. The van der Waals surface area contributed by atoms with Crippen LogP contribution in [0.4, 0.5) is 4.79 Å². The fraction of sp³-hybridized carbons (Fsp3) is 0.933. The number of unbranched alkanes of at least 4 members (excludes halogenated alkanes) is 2. The number of ether oxygens (including phenoxy) is 2. The van der Waals surface area contributed by atoms with Gasteiger partial charge in [-0.1, -0.05) is 53.9 Å². The first-order valence-corrected chi connectivity index (χ1v) is 7.23. The first-order chi connectivity index (χ1) is 8.43. The zero-order valence-corrected chi connectivity index (χ0v) is 12.8. The highest BCUT2D eigenvalue weighted by atomic mass is 16.7. The summed E-state index contributed by atoms with van der Waals surface area (Å²) in [5, 5.41) is 0. The molecule has 3 nitrogen and oxygen atoms in total. The highest BCUT2D eigenvalue weighted by molar-refractivity contribution is 5.59. The van der Waals surface area contributed by atoms with E-state index in [4.69, 9.17) is 9.47 Å². The fourth-order valence-corrected chi connectivity index (χ4v) is 1.66. The maximum Gasteiger partial charge on any atom is 0.508 e. The van der Waals surface area contributed by atoms with Crippen LogP contribution in [-0.2, 0) is 9.47 Å². The summed E-state index contributed by atoms with van der Waals surface area (Å²) in [6.45, 7) is 11.4. The molecular weight excluding hydrogens is 228 g/mol. The Bertz CT molecular complexity index is 226. The molecule has 0 aliphatic carbocycles. The van der Waals surface area contributed by atoms with Gasteiger partial charge in [-0.3, -0.25) is 0 Å². The molecule has 0 rings (SSSR count). The summed E-state index contributed by atoms with van der Waals surface area (Å²) < 4.78 is 10.2. The van der Waals surface area contributed by atoms with Gasteiger partial charge in [0, 0.05) is 5.41 Å². The summed E-state index contributed by atoms with van der Waals surface area (Å²) in [7, 11) is 0. The molecule has 18 heavy (non-hydrogen) atoms. The van der Waals surface area contributed by atoms with E-state index in [-0.39, 0.29) is 5.41 Å². The van der Waals surface area contributed by atoms with E-state index in [1.165, 1.54) is 19.3 Å². The lowest BCUT2D eigenvalue weighted by molar-refractivity contribution is 0.0163. The van der Waals surface area contributed by atoms with Gasteiger partial charge in [-0.05, 0) is 18.8 Å². The van der Waals surface area contributed by atoms with Crippen molar-refractivity contribution in [2.75, 3.05) is 13.2 Å². The second kappa shape index (κ2) is 9.23. The Morgan fingerprint density at radius 2 is 1.83 bits per heavy atom. The molecule has 0 N–H and O–H groups in total. The van der Waals surface area contributed by atoms with Crippen molar-refractivity contribution < 1.29 is 14.3 Å². The van der Waals surface area contributed by atoms with Crippen molar-refractivity contribution in [2.45, 2.75) is 66.7 Å². The Kier molecular flexibility index (Phi) is 8.86. The Morgan fingerprint density at radius 1 is 1.17 bits per heavy atom. The summed E-state index contributed by atoms with van der Waals surface area (Å²) >= 11 is 0. The smallest absolute Gasteiger partial charge is 0.434 e. The van der Waals surface area contributed by atoms with Crippen LogP contribution >= 0.6 is 0 Å². The van der Waals surface area contributed by atoms with Crippen molar-refractivity contribution in [1.82, 2.24) is 0 Å². The minimum absolute atomic E-state index is 0.0893. The van der Waals surface area contributed by atoms with Crippen LogP contribution in [0, 0.1) is 11.3 Å². The molecule has 0 saturated carbocycles. The van der Waals surface area contributed by atoms with Gasteiger partial charge in [-0.25, -0.2) is 4.79 Å². The molecule has 0 aliphatic heterocycles. The van der Waals surface area contributed by atoms with E-state index in [0.29, 0.717) is 19.1 Å². The second-order valence-electron chi connectivity index (χ2n) is 5.86. The zero-order valence-electron chi connectivity index (χ0n) is 12.8. The molecule has 1 atom stereocenters. The minimum atomic E-state index is -0.529. The average molecular weight is 258 g/mol. The molecule has 0 saturated heterocycles. The maximum absolute atomic E-state index is 11.4. The van der Waals surface area contributed by atoms with Gasteiger partial charge in [-0.2, -0.15) is 0 Å². The van der Waals surface area contributed by atoms with Crippen LogP contribution in [-0.4, -0.2) is 19.4 Å². The third-order valence-corrected chi connectivity index (χ3v) is 3.31. The monoisotopic (exact) mass is 258 g/mol. The quantitative estimate of drug-likeness (QED) is 0.440. The van der Waals surface area contributed by atoms with Gasteiger partial charge in [0.05, 0.1) is 6.61 Å². The summed E-state index contributed by atoms with van der Waals surface area (Å²) in [5.74, 6) is 0.347. The normalized spacial score (nSPS) is 14.3. The van der Waals surface area contributed by atoms with Crippen molar-refractivity contribution >= 4 is 6.16 Å². The Labute approximate surface area is 112 Å². The largest absolute Gasteiger partial charge is 0.508 e. The lowest BCUT2D eigenvalue weighted by Crippen LogP contribution is -2.25. The highest BCUT2D eigenvalue weighted by Gasteiger charge is 2.24. The molecule has 1 unspecified atom stereocenters. The van der Waals surface area contributed by atoms with Crippen LogP contribution in [0.25, 0.3) is 0 Å². The van der Waals surface area contributed by atoms with Crippen molar-refractivity contribution in [3.05, 3.63) is 0 Å². The predicted molar refractivity (Wildman–Crippen MR) is 74.7 cm³/mol. The van der Waals surface area contributed by atoms with E-state index in [1.54, 1.807) is 0 Å². The van der Waals surface area contributed by atoms with E-state index < -0.39 is 6.16 Å². The predicted octanol–water partition coefficient (Wildman–Crippen LogP) is 4.79. The summed E-state index contributed by atoms with van der Waals surface area (Å²) in [4.78, 5) is 11.4. The average Bonchev–Trinajstić information content (AvgIpc) is 2.34. The van der Waals surface area contributed by atoms with E-state index in [2.05, 4.69) is 20.8 Å². The molecule has 0 fully saturated rings. The molecule has 0 amide bonds. The SMILES string of the molecule is CCCCCC(C)(CC)COC(=O)OCC(C)C. The molecule has 3 heteroatoms. The van der Waals surface area contributed by atoms with E-state index in [9.17, 15) is 4.79 Å². The molecule has 0 aromatic carbocycles. The van der Waals surface area contributed by atoms with Crippen LogP contribution in [0.2, 0.25) is 0 Å². The number of hydrogen-bond acceptors (Lipinski definition) is 3. The molecule has 0 radical (unpaired) electrons. The third-order valence-electron chi connectivity index (χ3n) is 3.31. The van der Waals surface area contributed by atoms with Crippen LogP contribution < -0.4 is 0 Å². The summed E-state index contributed by atoms with van der Waals surface area (Å²) in [5.41, 5.74) is 0.0893. The fourth-order valence-electron chi connectivity index (χ4n) is 1.66. The molecule has 0 heterocycles. The number of carbonyl (C=O) groups is 1. The van der Waals surface area contributed by atoms with E-state index >= 15 is 0 Å². The minimum Gasteiger partial charge on any atom is -0.434 e. The first-order valence-electron chi connectivity index (χ1n) is 7.23. The van der Waals surface area contributed by atoms with Crippen molar-refractivity contribution in [3.63, 3.8) is 0 Å². The number of carbonyl (C=O) groups excluding carboxylic acids is 1. The highest BCUT2D eigenvalue weighted by Crippen LogP contribution is 2.28. The van der Waals surface area contributed by atoms with Gasteiger partial charge >= 0.3 is 6.16 Å². The van der Waals surface area contributed by atoms with Crippen molar-refractivity contribution in [1.29, 1.82) is 0 Å². The molecule has 0 aliphatic rings. The number of rotatable bonds is 9. The summed E-state index contributed by atoms with van der Waals surface area (Å²) in [6.07, 6.45) is 5.26. The van der Waals surface area contributed by atoms with Gasteiger partial charge in [0.15, 0.2) is 0 Å². The van der Waals surface area contributed by atoms with Gasteiger partial charge in [0.2, 0.25) is 0 Å². The molecule has 0 aromatic heterocycles. The lowest BCUT2D eigenvalue weighted by Gasteiger charge is -2.27. The van der Waals surface area contributed by atoms with Crippen molar-refractivity contribution in [3.8, 4) is 0 Å². The van der Waals surface area contributed by atoms with Gasteiger partial charge in [-0.15, -0.1) is 0 Å². The van der Waals surface area contributed by atoms with Crippen LogP contribution in [0.3, 0.4) is 0 Å². The molecule has 0 aromatic rings. The van der Waals surface area contributed by atoms with E-state index in [1.807, 2.05) is 13.8 Å². The van der Waals surface area contributed by atoms with Crippen LogP contribution in [0.5, 0.6) is 0 Å². The Balaban J connectivity index is 3.93. The number of hydrogen-bond donors (Lipinski definition) is 0.